The molecule has 4 heterocycles. The van der Waals surface area contributed by atoms with Crippen LogP contribution in [0.3, 0.4) is 0 Å². The largest absolute Gasteiger partial charge is 0.549 e. The quantitative estimate of drug-likeness (QED) is 0.132. The molecule has 51 heavy (non-hydrogen) atoms. The second-order valence-electron chi connectivity index (χ2n) is 13.6. The van der Waals surface area contributed by atoms with Crippen LogP contribution in [-0.4, -0.2) is 72.2 Å². The summed E-state index contributed by atoms with van der Waals surface area (Å²) in [6.45, 7) is -1.43. The van der Waals surface area contributed by atoms with Gasteiger partial charge in [0.25, 0.3) is 0 Å². The zero-order chi connectivity index (χ0) is 41.9. The highest BCUT2D eigenvalue weighted by Crippen LogP contribution is 2.43. The van der Waals surface area contributed by atoms with Crippen molar-refractivity contribution in [1.82, 2.24) is 20.0 Å². The molecule has 3 aliphatic rings. The van der Waals surface area contributed by atoms with Crippen molar-refractivity contribution in [3.05, 3.63) is 72.1 Å². The van der Waals surface area contributed by atoms with E-state index in [1.807, 2.05) is 49.9 Å². The topological polar surface area (TPSA) is 153 Å². The number of aliphatic imine (C=N–C) groups is 1. The molecule has 2 aliphatic heterocycles. The number of nitrogens with zero attached hydrogens (tertiary/aromatic N) is 5. The van der Waals surface area contributed by atoms with E-state index < -0.39 is 44.9 Å². The second kappa shape index (κ2) is 13.6. The first-order chi connectivity index (χ1) is 27.1. The summed E-state index contributed by atoms with van der Waals surface area (Å²) < 4.78 is 103. The molecule has 0 spiro atoms. The first-order valence-corrected chi connectivity index (χ1v) is 18.0. The number of carbonyl (C=O) groups excluding carboxylic acids is 1. The molecule has 2 radical (unpaired) electrons. The molecule has 3 fully saturated rings. The fourth-order valence-electron chi connectivity index (χ4n) is 5.96. The van der Waals surface area contributed by atoms with E-state index in [0.717, 1.165) is 49.8 Å². The van der Waals surface area contributed by atoms with E-state index in [1.165, 1.54) is 33.3 Å². The molecule has 1 unspecified atom stereocenters. The standard InChI is InChI=1S/C36H39B2N5O7S/c1-22(2)51(45,46)27-17-15-25(16-18-27)29-20-39-32(36(38-50-36)41-33-37-48-33)31(40-29)30-19-28(42-49-30)24-13-11-23(12-14-24)21-43(26-9-7-6-8-10-26)34(44)47-35(3,4)5/h11-20,22,26H,6-10,21H2,1-5H3/i1D3,2D3,22D. The Morgan fingerprint density at radius 2 is 1.76 bits per heavy atom. The predicted molar refractivity (Wildman–Crippen MR) is 192 cm³/mol. The van der Waals surface area contributed by atoms with Crippen molar-refractivity contribution in [2.75, 3.05) is 0 Å². The van der Waals surface area contributed by atoms with E-state index in [9.17, 15) is 13.2 Å². The zero-order valence-electron chi connectivity index (χ0n) is 35.3. The monoisotopic (exact) mass is 714 g/mol. The third kappa shape index (κ3) is 7.74. The SMILES string of the molecule is [2H]C([2H])([2H])C([2H])(C([2H])([2H])[2H])S(=O)(=O)c1ccc(-c2cnc(C3(N=C4[B]O4)[B]O3)c(-c3cc(-c4ccc(CN(C(=O)OC(C)(C)C)C5CCCCC5)cc4)no3)n2)cc1. The van der Waals surface area contributed by atoms with Gasteiger partial charge in [0, 0.05) is 39.4 Å². The van der Waals surface area contributed by atoms with Crippen molar-refractivity contribution in [3.63, 3.8) is 0 Å². The maximum absolute atomic E-state index is 13.4. The molecule has 2 aromatic carbocycles. The van der Waals surface area contributed by atoms with Crippen molar-refractivity contribution < 1.29 is 41.4 Å². The highest BCUT2D eigenvalue weighted by molar-refractivity contribution is 7.92. The van der Waals surface area contributed by atoms with Gasteiger partial charge in [-0.15, -0.1) is 0 Å². The van der Waals surface area contributed by atoms with E-state index in [2.05, 4.69) is 15.1 Å². The lowest BCUT2D eigenvalue weighted by atomic mass is 9.91. The Bertz CT molecular complexity index is 2310. The minimum atomic E-state index is -5.23. The smallest absolute Gasteiger partial charge is 0.474 e. The first kappa shape index (κ1) is 27.2. The molecule has 262 valence electrons. The zero-order valence-corrected chi connectivity index (χ0v) is 29.1. The second-order valence-corrected chi connectivity index (χ2v) is 15.5. The summed E-state index contributed by atoms with van der Waals surface area (Å²) in [5.74, 6) is 0.517. The fourth-order valence-corrected chi connectivity index (χ4v) is 6.69. The first-order valence-electron chi connectivity index (χ1n) is 20.0. The number of rotatable bonds is 10. The molecule has 15 heteroatoms. The Morgan fingerprint density at radius 1 is 1.10 bits per heavy atom. The van der Waals surface area contributed by atoms with Gasteiger partial charge >= 0.3 is 21.1 Å². The minimum absolute atomic E-state index is 0.0921. The van der Waals surface area contributed by atoms with E-state index >= 15 is 0 Å². The van der Waals surface area contributed by atoms with Gasteiger partial charge in [0.05, 0.1) is 22.0 Å². The Labute approximate surface area is 309 Å². The van der Waals surface area contributed by atoms with Gasteiger partial charge in [-0.1, -0.05) is 60.8 Å². The summed E-state index contributed by atoms with van der Waals surface area (Å²) in [4.78, 5) is 28.3. The lowest BCUT2D eigenvalue weighted by Crippen LogP contribution is -2.43. The third-order valence-electron chi connectivity index (χ3n) is 8.67. The summed E-state index contributed by atoms with van der Waals surface area (Å²) in [6.07, 6.45) is 6.17. The van der Waals surface area contributed by atoms with Crippen molar-refractivity contribution in [3.8, 4) is 34.0 Å². The van der Waals surface area contributed by atoms with Crippen LogP contribution in [0.25, 0.3) is 34.0 Å². The molecule has 12 nitrogen and oxygen atoms in total. The number of amides is 1. The van der Waals surface area contributed by atoms with E-state index in [4.69, 9.17) is 33.1 Å². The molecule has 1 aliphatic carbocycles. The van der Waals surface area contributed by atoms with Crippen molar-refractivity contribution in [2.45, 2.75) is 101 Å². The van der Waals surface area contributed by atoms with Gasteiger partial charge in [-0.25, -0.2) is 23.2 Å². The van der Waals surface area contributed by atoms with Crippen LogP contribution in [0.1, 0.15) is 87.4 Å². The van der Waals surface area contributed by atoms with Crippen molar-refractivity contribution in [1.29, 1.82) is 0 Å². The van der Waals surface area contributed by atoms with Gasteiger partial charge in [0.1, 0.15) is 22.7 Å². The van der Waals surface area contributed by atoms with Crippen LogP contribution in [0.2, 0.25) is 0 Å². The fraction of sp³-hybridized carbons (Fsp3) is 0.417. The lowest BCUT2D eigenvalue weighted by molar-refractivity contribution is 0.00988. The van der Waals surface area contributed by atoms with Crippen LogP contribution in [0.5, 0.6) is 0 Å². The molecular weight excluding hydrogens is 668 g/mol. The predicted octanol–water partition coefficient (Wildman–Crippen LogP) is 6.48. The van der Waals surface area contributed by atoms with Crippen LogP contribution in [0.15, 0.2) is 75.2 Å². The van der Waals surface area contributed by atoms with Crippen LogP contribution < -0.4 is 0 Å². The molecule has 1 saturated carbocycles. The lowest BCUT2D eigenvalue weighted by Gasteiger charge is -2.35. The number of aromatic nitrogens is 3. The Hall–Kier alpha value is -4.49. The summed E-state index contributed by atoms with van der Waals surface area (Å²) in [5.41, 5.74) is 1.09. The number of hydrogen-bond donors (Lipinski definition) is 0. The van der Waals surface area contributed by atoms with E-state index in [0.29, 0.717) is 29.2 Å². The third-order valence-corrected chi connectivity index (χ3v) is 10.1. The minimum Gasteiger partial charge on any atom is -0.549 e. The van der Waals surface area contributed by atoms with E-state index in [1.54, 1.807) is 6.07 Å². The molecule has 1 atom stereocenters. The summed E-state index contributed by atoms with van der Waals surface area (Å²) in [7, 11) is -2.36. The maximum Gasteiger partial charge on any atom is 0.474 e. The number of ether oxygens (including phenoxy) is 1. The average molecular weight is 714 g/mol. The van der Waals surface area contributed by atoms with Crippen molar-refractivity contribution in [2.24, 2.45) is 4.99 Å². The Balaban J connectivity index is 1.18. The number of hydrogen-bond acceptors (Lipinski definition) is 11. The van der Waals surface area contributed by atoms with Crippen LogP contribution in [0.4, 0.5) is 4.79 Å². The van der Waals surface area contributed by atoms with Gasteiger partial charge in [0.15, 0.2) is 27.0 Å². The summed E-state index contributed by atoms with van der Waals surface area (Å²) in [5, 5.41) is 0.477. The van der Waals surface area contributed by atoms with Crippen LogP contribution in [0, 0.1) is 0 Å². The Morgan fingerprint density at radius 3 is 2.39 bits per heavy atom. The normalized spacial score (nSPS) is 22.3. The van der Waals surface area contributed by atoms with Crippen LogP contribution >= 0.6 is 0 Å². The summed E-state index contributed by atoms with van der Waals surface area (Å²) in [6, 6.07) is 14.0. The molecule has 0 N–H and O–H groups in total. The molecule has 1 amide bonds. The maximum atomic E-state index is 13.4. The van der Waals surface area contributed by atoms with Gasteiger partial charge < -0.3 is 23.5 Å². The highest BCUT2D eigenvalue weighted by atomic mass is 32.2. The molecule has 2 aromatic heterocycles. The van der Waals surface area contributed by atoms with Crippen LogP contribution in [-0.2, 0) is 36.1 Å². The van der Waals surface area contributed by atoms with Gasteiger partial charge in [-0.05, 0) is 65.0 Å². The van der Waals surface area contributed by atoms with Gasteiger partial charge in [-0.2, -0.15) is 0 Å². The van der Waals surface area contributed by atoms with Gasteiger partial charge in [-0.3, -0.25) is 4.98 Å². The molecule has 2 saturated heterocycles. The molecule has 0 bridgehead atoms. The Kier molecular flexibility index (Phi) is 7.24. The van der Waals surface area contributed by atoms with Gasteiger partial charge in [0.2, 0.25) is 0 Å². The van der Waals surface area contributed by atoms with Crippen molar-refractivity contribution >= 4 is 36.7 Å². The number of benzene rings is 2. The van der Waals surface area contributed by atoms with E-state index in [-0.39, 0.29) is 35.0 Å². The molecule has 4 aromatic rings. The summed E-state index contributed by atoms with van der Waals surface area (Å²) >= 11 is 0. The number of carbonyl (C=O) groups is 1. The number of sulfone groups is 1. The highest BCUT2D eigenvalue weighted by Gasteiger charge is 2.54. The average Bonchev–Trinajstić information content (AvgIpc) is 4.10. The molecular formula is C36H39B2N5O7S. The molecule has 7 rings (SSSR count).